The van der Waals surface area contributed by atoms with Gasteiger partial charge in [-0.2, -0.15) is 0 Å². The summed E-state index contributed by atoms with van der Waals surface area (Å²) in [4.78, 5) is 14.5. The van der Waals surface area contributed by atoms with Gasteiger partial charge in [-0.1, -0.05) is 13.8 Å². The number of nitrogens with one attached hydrogen (secondary N) is 1. The zero-order chi connectivity index (χ0) is 18.9. The average Bonchev–Trinajstić information content (AvgIpc) is 2.64. The molecule has 1 N–H and O–H groups in total. The Morgan fingerprint density at radius 3 is 2.62 bits per heavy atom. The van der Waals surface area contributed by atoms with E-state index in [4.69, 9.17) is 14.2 Å². The van der Waals surface area contributed by atoms with Gasteiger partial charge in [0.2, 0.25) is 5.91 Å². The second-order valence-electron chi connectivity index (χ2n) is 6.87. The monoisotopic (exact) mass is 362 g/mol. The molecule has 2 rings (SSSR count). The van der Waals surface area contributed by atoms with Crippen molar-refractivity contribution >= 4 is 12.0 Å². The summed E-state index contributed by atoms with van der Waals surface area (Å²) in [6.07, 6.45) is 3.30. The number of nitrogens with zero attached hydrogens (tertiary/aromatic N) is 1. The van der Waals surface area contributed by atoms with Crippen molar-refractivity contribution in [1.82, 2.24) is 10.2 Å². The van der Waals surface area contributed by atoms with Gasteiger partial charge < -0.3 is 19.5 Å². The molecule has 0 spiro atoms. The van der Waals surface area contributed by atoms with Crippen molar-refractivity contribution in [2.24, 2.45) is 5.92 Å². The first-order valence-corrected chi connectivity index (χ1v) is 9.03. The Morgan fingerprint density at radius 2 is 2.00 bits per heavy atom. The van der Waals surface area contributed by atoms with E-state index in [-0.39, 0.29) is 12.0 Å². The molecular weight excluding hydrogens is 332 g/mol. The number of rotatable bonds is 8. The SMILES string of the molecule is COc1cc(/C=C/C(=O)NCC2CN(CC(C)C)CCO2)cc(OC)c1. The minimum absolute atomic E-state index is 0.0387. The Morgan fingerprint density at radius 1 is 1.31 bits per heavy atom. The van der Waals surface area contributed by atoms with Crippen LogP contribution in [0.4, 0.5) is 0 Å². The molecule has 1 heterocycles. The normalized spacial score (nSPS) is 18.3. The van der Waals surface area contributed by atoms with Gasteiger partial charge in [-0.05, 0) is 29.7 Å². The number of methoxy groups -OCH3 is 2. The number of hydrogen-bond donors (Lipinski definition) is 1. The lowest BCUT2D eigenvalue weighted by Crippen LogP contribution is -2.48. The zero-order valence-corrected chi connectivity index (χ0v) is 16.2. The lowest BCUT2D eigenvalue weighted by atomic mass is 10.1. The Hall–Kier alpha value is -2.05. The van der Waals surface area contributed by atoms with E-state index in [2.05, 4.69) is 24.1 Å². The van der Waals surface area contributed by atoms with Crippen LogP contribution >= 0.6 is 0 Å². The quantitative estimate of drug-likeness (QED) is 0.719. The van der Waals surface area contributed by atoms with Crippen molar-refractivity contribution in [3.63, 3.8) is 0 Å². The van der Waals surface area contributed by atoms with E-state index in [1.54, 1.807) is 26.4 Å². The first kappa shape index (κ1) is 20.3. The van der Waals surface area contributed by atoms with Gasteiger partial charge in [0.25, 0.3) is 0 Å². The molecule has 0 radical (unpaired) electrons. The number of ether oxygens (including phenoxy) is 3. The van der Waals surface area contributed by atoms with E-state index >= 15 is 0 Å². The minimum atomic E-state index is -0.142. The third-order valence-corrected chi connectivity index (χ3v) is 4.15. The smallest absolute Gasteiger partial charge is 0.244 e. The van der Waals surface area contributed by atoms with E-state index in [1.807, 2.05) is 12.1 Å². The second kappa shape index (κ2) is 10.2. The van der Waals surface area contributed by atoms with Crippen molar-refractivity contribution in [3.05, 3.63) is 29.8 Å². The molecule has 0 bridgehead atoms. The predicted molar refractivity (Wildman–Crippen MR) is 103 cm³/mol. The molecule has 1 aromatic carbocycles. The molecule has 6 nitrogen and oxygen atoms in total. The third-order valence-electron chi connectivity index (χ3n) is 4.15. The van der Waals surface area contributed by atoms with E-state index in [0.29, 0.717) is 30.6 Å². The van der Waals surface area contributed by atoms with Crippen molar-refractivity contribution in [3.8, 4) is 11.5 Å². The number of morpholine rings is 1. The number of benzene rings is 1. The minimum Gasteiger partial charge on any atom is -0.497 e. The molecule has 1 fully saturated rings. The molecular formula is C20H30N2O4. The van der Waals surface area contributed by atoms with Crippen LogP contribution in [0.2, 0.25) is 0 Å². The summed E-state index contributed by atoms with van der Waals surface area (Å²) in [6.45, 7) is 8.53. The van der Waals surface area contributed by atoms with Gasteiger partial charge in [0.05, 0.1) is 26.9 Å². The molecule has 1 aliphatic heterocycles. The summed E-state index contributed by atoms with van der Waals surface area (Å²) in [6, 6.07) is 5.49. The van der Waals surface area contributed by atoms with Crippen LogP contribution in [0.1, 0.15) is 19.4 Å². The highest BCUT2D eigenvalue weighted by molar-refractivity contribution is 5.91. The van der Waals surface area contributed by atoms with Gasteiger partial charge >= 0.3 is 0 Å². The summed E-state index contributed by atoms with van der Waals surface area (Å²) in [5.41, 5.74) is 0.841. The van der Waals surface area contributed by atoms with Gasteiger partial charge in [0, 0.05) is 38.3 Å². The van der Waals surface area contributed by atoms with Gasteiger partial charge in [-0.25, -0.2) is 0 Å². The molecule has 1 amide bonds. The van der Waals surface area contributed by atoms with Crippen LogP contribution in [0.5, 0.6) is 11.5 Å². The highest BCUT2D eigenvalue weighted by Gasteiger charge is 2.21. The Labute approximate surface area is 156 Å². The van der Waals surface area contributed by atoms with Crippen LogP contribution in [0.15, 0.2) is 24.3 Å². The van der Waals surface area contributed by atoms with E-state index in [9.17, 15) is 4.79 Å². The Bertz CT molecular complexity index is 594. The number of carbonyl (C=O) groups is 1. The second-order valence-corrected chi connectivity index (χ2v) is 6.87. The molecule has 1 atom stereocenters. The van der Waals surface area contributed by atoms with E-state index in [1.165, 1.54) is 6.08 Å². The average molecular weight is 362 g/mol. The molecule has 0 saturated carbocycles. The summed E-state index contributed by atoms with van der Waals surface area (Å²) in [7, 11) is 3.20. The van der Waals surface area contributed by atoms with E-state index in [0.717, 1.165) is 25.2 Å². The fourth-order valence-corrected chi connectivity index (χ4v) is 2.96. The molecule has 0 aromatic heterocycles. The van der Waals surface area contributed by atoms with Crippen LogP contribution < -0.4 is 14.8 Å². The highest BCUT2D eigenvalue weighted by Crippen LogP contribution is 2.23. The highest BCUT2D eigenvalue weighted by atomic mass is 16.5. The van der Waals surface area contributed by atoms with Crippen LogP contribution in [-0.2, 0) is 9.53 Å². The fourth-order valence-electron chi connectivity index (χ4n) is 2.96. The van der Waals surface area contributed by atoms with Crippen LogP contribution in [-0.4, -0.2) is 63.9 Å². The third kappa shape index (κ3) is 6.69. The molecule has 144 valence electrons. The molecule has 1 aliphatic rings. The maximum Gasteiger partial charge on any atom is 0.244 e. The van der Waals surface area contributed by atoms with Gasteiger partial charge in [0.15, 0.2) is 0 Å². The standard InChI is InChI=1S/C20H30N2O4/c1-15(2)13-22-7-8-26-19(14-22)12-21-20(23)6-5-16-9-17(24-3)11-18(10-16)25-4/h5-6,9-11,15,19H,7-8,12-14H2,1-4H3,(H,21,23)/b6-5+. The van der Waals surface area contributed by atoms with Crippen molar-refractivity contribution in [1.29, 1.82) is 0 Å². The number of amides is 1. The lowest BCUT2D eigenvalue weighted by Gasteiger charge is -2.33. The van der Waals surface area contributed by atoms with E-state index < -0.39 is 0 Å². The maximum absolute atomic E-state index is 12.1. The number of hydrogen-bond acceptors (Lipinski definition) is 5. The van der Waals surface area contributed by atoms with Crippen LogP contribution in [0.25, 0.3) is 6.08 Å². The summed E-state index contributed by atoms with van der Waals surface area (Å²) in [5.74, 6) is 1.86. The first-order chi connectivity index (χ1) is 12.5. The summed E-state index contributed by atoms with van der Waals surface area (Å²) >= 11 is 0. The Balaban J connectivity index is 1.84. The molecule has 1 aromatic rings. The van der Waals surface area contributed by atoms with Crippen LogP contribution in [0, 0.1) is 5.92 Å². The number of carbonyl (C=O) groups excluding carboxylic acids is 1. The largest absolute Gasteiger partial charge is 0.497 e. The topological polar surface area (TPSA) is 60.0 Å². The fraction of sp³-hybridized carbons (Fsp3) is 0.550. The van der Waals surface area contributed by atoms with Gasteiger partial charge in [-0.15, -0.1) is 0 Å². The van der Waals surface area contributed by atoms with Crippen molar-refractivity contribution in [2.45, 2.75) is 20.0 Å². The molecule has 1 saturated heterocycles. The van der Waals surface area contributed by atoms with Gasteiger partial charge in [0.1, 0.15) is 11.5 Å². The van der Waals surface area contributed by atoms with Gasteiger partial charge in [-0.3, -0.25) is 9.69 Å². The first-order valence-electron chi connectivity index (χ1n) is 9.03. The summed E-state index contributed by atoms with van der Waals surface area (Å²) in [5, 5.41) is 2.91. The molecule has 1 unspecified atom stereocenters. The van der Waals surface area contributed by atoms with Crippen LogP contribution in [0.3, 0.4) is 0 Å². The molecule has 26 heavy (non-hydrogen) atoms. The zero-order valence-electron chi connectivity index (χ0n) is 16.2. The Kier molecular flexibility index (Phi) is 7.94. The van der Waals surface area contributed by atoms with Crippen molar-refractivity contribution < 1.29 is 19.0 Å². The predicted octanol–water partition coefficient (Wildman–Crippen LogP) is 2.19. The lowest BCUT2D eigenvalue weighted by molar-refractivity contribution is -0.117. The summed E-state index contributed by atoms with van der Waals surface area (Å²) < 4.78 is 16.2. The van der Waals surface area contributed by atoms with Crippen molar-refractivity contribution in [2.75, 3.05) is 47.0 Å². The maximum atomic E-state index is 12.1. The molecule has 6 heteroatoms. The molecule has 0 aliphatic carbocycles.